The van der Waals surface area contributed by atoms with E-state index in [2.05, 4.69) is 0 Å². The van der Waals surface area contributed by atoms with Gasteiger partial charge in [0.25, 0.3) is 5.91 Å². The lowest BCUT2D eigenvalue weighted by Gasteiger charge is -2.35. The fraction of sp³-hybridized carbons (Fsp3) is 0.389. The van der Waals surface area contributed by atoms with Crippen molar-refractivity contribution < 1.29 is 9.53 Å². The van der Waals surface area contributed by atoms with Gasteiger partial charge in [-0.2, -0.15) is 0 Å². The van der Waals surface area contributed by atoms with Gasteiger partial charge < -0.3 is 15.4 Å². The van der Waals surface area contributed by atoms with Gasteiger partial charge >= 0.3 is 0 Å². The average Bonchev–Trinajstić information content (AvgIpc) is 3.13. The van der Waals surface area contributed by atoms with E-state index in [-0.39, 0.29) is 24.4 Å². The zero-order valence-corrected chi connectivity index (χ0v) is 15.2. The Morgan fingerprint density at radius 3 is 2.92 bits per heavy atom. The van der Waals surface area contributed by atoms with Crippen LogP contribution in [0.15, 0.2) is 41.8 Å². The van der Waals surface area contributed by atoms with E-state index in [1.54, 1.807) is 11.3 Å². The van der Waals surface area contributed by atoms with Gasteiger partial charge in [0.05, 0.1) is 0 Å². The van der Waals surface area contributed by atoms with Crippen molar-refractivity contribution in [3.8, 4) is 5.75 Å². The lowest BCUT2D eigenvalue weighted by atomic mass is 10.0. The minimum absolute atomic E-state index is 0. The van der Waals surface area contributed by atoms with Crippen molar-refractivity contribution in [2.24, 2.45) is 5.73 Å². The number of thiophene rings is 1. The van der Waals surface area contributed by atoms with Crippen molar-refractivity contribution >= 4 is 29.7 Å². The minimum atomic E-state index is 0. The molecule has 1 fully saturated rings. The van der Waals surface area contributed by atoms with Crippen LogP contribution in [-0.2, 0) is 6.61 Å². The van der Waals surface area contributed by atoms with Crippen molar-refractivity contribution in [3.05, 3.63) is 52.2 Å². The van der Waals surface area contributed by atoms with E-state index >= 15 is 0 Å². The molecule has 0 bridgehead atoms. The fourth-order valence-corrected chi connectivity index (χ4v) is 3.56. The molecule has 1 aliphatic rings. The number of halogens is 1. The van der Waals surface area contributed by atoms with Crippen molar-refractivity contribution in [1.82, 2.24) is 4.90 Å². The summed E-state index contributed by atoms with van der Waals surface area (Å²) in [5.74, 6) is 0.785. The number of ether oxygens (including phenoxy) is 1. The van der Waals surface area contributed by atoms with E-state index in [0.29, 0.717) is 18.7 Å². The lowest BCUT2D eigenvalue weighted by molar-refractivity contribution is 0.0623. The highest BCUT2D eigenvalue weighted by Gasteiger charge is 2.26. The number of nitrogens with two attached hydrogens (primary N) is 1. The van der Waals surface area contributed by atoms with Crippen molar-refractivity contribution in [1.29, 1.82) is 0 Å². The molecule has 2 aromatic rings. The second-order valence-electron chi connectivity index (χ2n) is 5.78. The Morgan fingerprint density at radius 2 is 2.17 bits per heavy atom. The molecule has 2 N–H and O–H groups in total. The Bertz CT molecular complexity index is 648. The van der Waals surface area contributed by atoms with Crippen LogP contribution in [0.3, 0.4) is 0 Å². The third kappa shape index (κ3) is 4.50. The Morgan fingerprint density at radius 1 is 1.29 bits per heavy atom. The number of piperidine rings is 1. The Kier molecular flexibility index (Phi) is 7.09. The van der Waals surface area contributed by atoms with Crippen LogP contribution < -0.4 is 10.5 Å². The first-order valence-electron chi connectivity index (χ1n) is 8.04. The Labute approximate surface area is 153 Å². The number of rotatable bonds is 5. The molecule has 130 valence electrons. The number of hydrogen-bond acceptors (Lipinski definition) is 4. The second-order valence-corrected chi connectivity index (χ2v) is 6.81. The van der Waals surface area contributed by atoms with Crippen molar-refractivity contribution in [2.45, 2.75) is 31.9 Å². The summed E-state index contributed by atoms with van der Waals surface area (Å²) >= 11 is 1.66. The molecular weight excluding hydrogens is 344 g/mol. The first-order chi connectivity index (χ1) is 11.3. The highest BCUT2D eigenvalue weighted by atomic mass is 35.5. The first-order valence-corrected chi connectivity index (χ1v) is 8.92. The molecule has 0 radical (unpaired) electrons. The maximum absolute atomic E-state index is 12.8. The number of amides is 1. The normalized spacial score (nSPS) is 17.2. The lowest BCUT2D eigenvalue weighted by Crippen LogP contribution is -2.47. The van der Waals surface area contributed by atoms with Gasteiger partial charge in [0.15, 0.2) is 0 Å². The maximum atomic E-state index is 12.8. The van der Waals surface area contributed by atoms with Crippen LogP contribution in [0.1, 0.15) is 34.5 Å². The number of carbonyl (C=O) groups excluding carboxylic acids is 1. The molecule has 0 saturated carbocycles. The highest BCUT2D eigenvalue weighted by Crippen LogP contribution is 2.22. The summed E-state index contributed by atoms with van der Waals surface area (Å²) in [7, 11) is 0. The number of benzene rings is 1. The van der Waals surface area contributed by atoms with Crippen molar-refractivity contribution in [3.63, 3.8) is 0 Å². The molecule has 1 saturated heterocycles. The summed E-state index contributed by atoms with van der Waals surface area (Å²) in [5, 5.41) is 2.03. The molecular formula is C18H23ClN2O2S. The van der Waals surface area contributed by atoms with Gasteiger partial charge in [0, 0.05) is 29.6 Å². The van der Waals surface area contributed by atoms with Gasteiger partial charge in [0.1, 0.15) is 12.4 Å². The van der Waals surface area contributed by atoms with E-state index in [1.165, 1.54) is 4.88 Å². The Hall–Kier alpha value is -1.56. The molecule has 1 aromatic heterocycles. The predicted molar refractivity (Wildman–Crippen MR) is 100 cm³/mol. The highest BCUT2D eigenvalue weighted by molar-refractivity contribution is 7.09. The maximum Gasteiger partial charge on any atom is 0.254 e. The molecule has 1 aromatic carbocycles. The molecule has 3 rings (SSSR count). The van der Waals surface area contributed by atoms with Crippen LogP contribution in [0.4, 0.5) is 0 Å². The quantitative estimate of drug-likeness (QED) is 0.877. The summed E-state index contributed by atoms with van der Waals surface area (Å²) in [6.07, 6.45) is 3.20. The minimum Gasteiger partial charge on any atom is -0.488 e. The molecule has 0 spiro atoms. The zero-order valence-electron chi connectivity index (χ0n) is 13.5. The Balaban J connectivity index is 0.00000208. The topological polar surface area (TPSA) is 55.6 Å². The number of hydrogen-bond donors (Lipinski definition) is 1. The summed E-state index contributed by atoms with van der Waals surface area (Å²) in [4.78, 5) is 15.9. The largest absolute Gasteiger partial charge is 0.488 e. The summed E-state index contributed by atoms with van der Waals surface area (Å²) < 4.78 is 5.80. The monoisotopic (exact) mass is 366 g/mol. The molecule has 1 amide bonds. The van der Waals surface area contributed by atoms with E-state index in [1.807, 2.05) is 46.7 Å². The fourth-order valence-electron chi connectivity index (χ4n) is 2.95. The van der Waals surface area contributed by atoms with Crippen LogP contribution in [0.2, 0.25) is 0 Å². The smallest absolute Gasteiger partial charge is 0.254 e. The summed E-state index contributed by atoms with van der Waals surface area (Å²) in [5.41, 5.74) is 6.50. The van der Waals surface area contributed by atoms with E-state index < -0.39 is 0 Å². The number of likely N-dealkylation sites (tertiary alicyclic amines) is 1. The summed E-state index contributed by atoms with van der Waals surface area (Å²) in [6.45, 7) is 1.85. The van der Waals surface area contributed by atoms with Crippen LogP contribution in [-0.4, -0.2) is 29.9 Å². The van der Waals surface area contributed by atoms with Crippen LogP contribution in [0.5, 0.6) is 5.75 Å². The van der Waals surface area contributed by atoms with E-state index in [9.17, 15) is 4.79 Å². The van der Waals surface area contributed by atoms with Gasteiger partial charge in [-0.3, -0.25) is 4.79 Å². The zero-order chi connectivity index (χ0) is 16.1. The molecule has 2 heterocycles. The SMILES string of the molecule is Cl.NCC1CCCCN1C(=O)c1cccc(OCc2cccs2)c1. The predicted octanol–water partition coefficient (Wildman–Crippen LogP) is 3.70. The molecule has 24 heavy (non-hydrogen) atoms. The standard InChI is InChI=1S/C18H22N2O2S.ClH/c19-12-15-6-1-2-9-20(15)18(21)14-5-3-7-16(11-14)22-13-17-8-4-10-23-17;/h3-5,7-8,10-11,15H,1-2,6,9,12-13,19H2;1H. The van der Waals surface area contributed by atoms with Gasteiger partial charge in [-0.15, -0.1) is 23.7 Å². The first kappa shape index (κ1) is 18.8. The molecule has 1 aliphatic heterocycles. The van der Waals surface area contributed by atoms with Gasteiger partial charge in [0.2, 0.25) is 0 Å². The van der Waals surface area contributed by atoms with Crippen LogP contribution >= 0.6 is 23.7 Å². The average molecular weight is 367 g/mol. The van der Waals surface area contributed by atoms with Crippen LogP contribution in [0, 0.1) is 0 Å². The molecule has 1 atom stereocenters. The van der Waals surface area contributed by atoms with Gasteiger partial charge in [-0.05, 0) is 48.9 Å². The molecule has 0 aliphatic carbocycles. The van der Waals surface area contributed by atoms with Gasteiger partial charge in [-0.1, -0.05) is 12.1 Å². The summed E-state index contributed by atoms with van der Waals surface area (Å²) in [6, 6.07) is 11.7. The third-order valence-electron chi connectivity index (χ3n) is 4.20. The van der Waals surface area contributed by atoms with Gasteiger partial charge in [-0.25, -0.2) is 0 Å². The van der Waals surface area contributed by atoms with Crippen LogP contribution in [0.25, 0.3) is 0 Å². The third-order valence-corrected chi connectivity index (χ3v) is 5.05. The second kappa shape index (κ2) is 9.06. The number of nitrogens with zero attached hydrogens (tertiary/aromatic N) is 1. The molecule has 1 unspecified atom stereocenters. The molecule has 6 heteroatoms. The van der Waals surface area contributed by atoms with Crippen molar-refractivity contribution in [2.75, 3.05) is 13.1 Å². The molecule has 4 nitrogen and oxygen atoms in total. The number of carbonyl (C=O) groups is 1. The van der Waals surface area contributed by atoms with E-state index in [4.69, 9.17) is 10.5 Å². The van der Waals surface area contributed by atoms with E-state index in [0.717, 1.165) is 31.6 Å².